The van der Waals surface area contributed by atoms with Gasteiger partial charge in [-0.1, -0.05) is 93.6 Å². The molecule has 4 aromatic carbocycles. The molecule has 5 rings (SSSR count). The van der Waals surface area contributed by atoms with Crippen molar-refractivity contribution in [1.82, 2.24) is 0 Å². The summed E-state index contributed by atoms with van der Waals surface area (Å²) in [4.78, 5) is 0. The molecule has 4 aromatic rings. The largest absolute Gasteiger partial charge is 0.243 e. The number of benzene rings is 4. The zero-order valence-electron chi connectivity index (χ0n) is 17.2. The second-order valence-corrected chi connectivity index (χ2v) is 8.91. The van der Waals surface area contributed by atoms with Gasteiger partial charge in [0.2, 0.25) is 0 Å². The first kappa shape index (κ1) is 17.8. The number of hydrogen-bond donors (Lipinski definition) is 0. The fourth-order valence-electron chi connectivity index (χ4n) is 4.26. The van der Waals surface area contributed by atoms with E-state index in [0.717, 1.165) is 6.04 Å². The highest BCUT2D eigenvalue weighted by molar-refractivity contribution is 5.93. The molecular formula is C28H25N. The van der Waals surface area contributed by atoms with Crippen molar-refractivity contribution in [2.24, 2.45) is 0 Å². The number of fused-ring (bicyclic) bond motifs is 4. The maximum absolute atomic E-state index is 4.27. The topological polar surface area (TPSA) is 3.01 Å². The average Bonchev–Trinajstić information content (AvgIpc) is 2.72. The Labute approximate surface area is 172 Å². The molecular weight excluding hydrogens is 350 g/mol. The summed E-state index contributed by atoms with van der Waals surface area (Å²) in [5.74, 6) is 0. The van der Waals surface area contributed by atoms with E-state index < -0.39 is 0 Å². The maximum Gasteiger partial charge on any atom is 0.159 e. The van der Waals surface area contributed by atoms with Crippen LogP contribution < -0.4 is 0 Å². The van der Waals surface area contributed by atoms with Crippen LogP contribution in [0.4, 0.5) is 0 Å². The van der Waals surface area contributed by atoms with Crippen LogP contribution in [0.25, 0.3) is 27.6 Å². The summed E-state index contributed by atoms with van der Waals surface area (Å²) in [6.07, 6.45) is 4.24. The molecule has 0 aliphatic carbocycles. The number of nitrogens with zero attached hydrogens (tertiary/aromatic N) is 1. The van der Waals surface area contributed by atoms with E-state index in [0.29, 0.717) is 0 Å². The first-order valence-corrected chi connectivity index (χ1v) is 10.1. The summed E-state index contributed by atoms with van der Waals surface area (Å²) in [7, 11) is 0. The molecule has 0 saturated heterocycles. The van der Waals surface area contributed by atoms with Gasteiger partial charge in [0.25, 0.3) is 0 Å². The summed E-state index contributed by atoms with van der Waals surface area (Å²) in [5, 5.41) is 5.08. The standard InChI is InChI=1S/C28H25N/c1-28(2,3)23-13-11-20-17-22(10-9-21(20)18-23)27-26-14-12-19-7-5-6-8-24(19)25(26)15-16-29(27)4/h5-18H,4H2,1-3H3. The van der Waals surface area contributed by atoms with E-state index in [2.05, 4.69) is 113 Å². The molecule has 0 N–H and O–H groups in total. The van der Waals surface area contributed by atoms with E-state index >= 15 is 0 Å². The molecule has 142 valence electrons. The molecule has 0 unspecified atom stereocenters. The van der Waals surface area contributed by atoms with Gasteiger partial charge in [0, 0.05) is 0 Å². The zero-order chi connectivity index (χ0) is 20.2. The minimum atomic E-state index is 0.153. The molecule has 1 aliphatic rings. The van der Waals surface area contributed by atoms with E-state index in [-0.39, 0.29) is 5.41 Å². The Balaban J connectivity index is 1.66. The van der Waals surface area contributed by atoms with Crippen LogP contribution in [0, 0.1) is 6.04 Å². The molecule has 0 aromatic heterocycles. The van der Waals surface area contributed by atoms with Crippen molar-refractivity contribution in [3.05, 3.63) is 107 Å². The number of hydrogen-bond acceptors (Lipinski definition) is 0. The lowest BCUT2D eigenvalue weighted by Crippen LogP contribution is -2.19. The molecule has 1 heteroatoms. The van der Waals surface area contributed by atoms with Crippen molar-refractivity contribution in [2.45, 2.75) is 26.2 Å². The Morgan fingerprint density at radius 3 is 2.34 bits per heavy atom. The van der Waals surface area contributed by atoms with E-state index in [1.807, 2.05) is 4.58 Å². The van der Waals surface area contributed by atoms with Crippen molar-refractivity contribution < 1.29 is 4.58 Å². The molecule has 0 spiro atoms. The smallest absolute Gasteiger partial charge is 0.159 e. The third-order valence-electron chi connectivity index (χ3n) is 5.91. The van der Waals surface area contributed by atoms with Gasteiger partial charge >= 0.3 is 0 Å². The highest BCUT2D eigenvalue weighted by atomic mass is 15.0. The summed E-state index contributed by atoms with van der Waals surface area (Å²) < 4.78 is 1.99. The SMILES string of the molecule is C=[N+]1C=Cc2c(ccc3ccccc23)[C-]1c1ccc2cc(C(C)(C)C)ccc2c1. The molecule has 29 heavy (non-hydrogen) atoms. The van der Waals surface area contributed by atoms with Gasteiger partial charge in [-0.25, -0.2) is 4.58 Å². The van der Waals surface area contributed by atoms with Crippen molar-refractivity contribution in [3.63, 3.8) is 0 Å². The lowest BCUT2D eigenvalue weighted by molar-refractivity contribution is -0.418. The maximum atomic E-state index is 4.27. The Hall–Kier alpha value is -3.32. The van der Waals surface area contributed by atoms with Crippen LogP contribution in [0.2, 0.25) is 0 Å². The van der Waals surface area contributed by atoms with Gasteiger partial charge in [0.15, 0.2) is 6.04 Å². The quantitative estimate of drug-likeness (QED) is 0.251. The van der Waals surface area contributed by atoms with Crippen LogP contribution in [0.5, 0.6) is 0 Å². The van der Waals surface area contributed by atoms with E-state index in [1.54, 1.807) is 0 Å². The van der Waals surface area contributed by atoms with E-state index in [1.165, 1.54) is 43.8 Å². The van der Waals surface area contributed by atoms with Gasteiger partial charge < -0.3 is 0 Å². The van der Waals surface area contributed by atoms with Gasteiger partial charge in [-0.3, -0.25) is 0 Å². The van der Waals surface area contributed by atoms with E-state index in [4.69, 9.17) is 0 Å². The minimum absolute atomic E-state index is 0.153. The first-order valence-electron chi connectivity index (χ1n) is 10.1. The molecule has 0 saturated carbocycles. The van der Waals surface area contributed by atoms with Crippen molar-refractivity contribution in [2.75, 3.05) is 0 Å². The Morgan fingerprint density at radius 2 is 1.52 bits per heavy atom. The molecule has 0 bridgehead atoms. The van der Waals surface area contributed by atoms with Crippen molar-refractivity contribution >= 4 is 34.3 Å². The van der Waals surface area contributed by atoms with Gasteiger partial charge in [0.1, 0.15) is 6.20 Å². The second-order valence-electron chi connectivity index (χ2n) is 8.91. The molecule has 0 amide bonds. The second kappa shape index (κ2) is 6.35. The van der Waals surface area contributed by atoms with Gasteiger partial charge in [-0.2, -0.15) is 0 Å². The summed E-state index contributed by atoms with van der Waals surface area (Å²) in [6.45, 7) is 11.0. The first-order chi connectivity index (χ1) is 13.9. The average molecular weight is 376 g/mol. The van der Waals surface area contributed by atoms with Crippen LogP contribution in [0.1, 0.15) is 43.0 Å². The highest BCUT2D eigenvalue weighted by Gasteiger charge is 2.25. The summed E-state index contributed by atoms with van der Waals surface area (Å²) in [6, 6.07) is 27.7. The fraction of sp³-hybridized carbons (Fsp3) is 0.143. The third-order valence-corrected chi connectivity index (χ3v) is 5.91. The molecule has 0 atom stereocenters. The molecule has 0 radical (unpaired) electrons. The van der Waals surface area contributed by atoms with E-state index in [9.17, 15) is 0 Å². The van der Waals surface area contributed by atoms with Crippen molar-refractivity contribution in [3.8, 4) is 0 Å². The van der Waals surface area contributed by atoms with Crippen LogP contribution in [0.3, 0.4) is 0 Å². The zero-order valence-corrected chi connectivity index (χ0v) is 17.2. The molecule has 1 heterocycles. The summed E-state index contributed by atoms with van der Waals surface area (Å²) >= 11 is 0. The third kappa shape index (κ3) is 2.94. The lowest BCUT2D eigenvalue weighted by atomic mass is 9.85. The Bertz CT molecular complexity index is 1300. The van der Waals surface area contributed by atoms with Crippen molar-refractivity contribution in [1.29, 1.82) is 0 Å². The Morgan fingerprint density at radius 1 is 0.793 bits per heavy atom. The minimum Gasteiger partial charge on any atom is -0.243 e. The predicted octanol–water partition coefficient (Wildman–Crippen LogP) is 6.92. The lowest BCUT2D eigenvalue weighted by Gasteiger charge is -2.25. The van der Waals surface area contributed by atoms with Crippen LogP contribution in [-0.4, -0.2) is 11.3 Å². The monoisotopic (exact) mass is 375 g/mol. The summed E-state index contributed by atoms with van der Waals surface area (Å²) in [5.41, 5.74) is 5.20. The van der Waals surface area contributed by atoms with Crippen LogP contribution in [0.15, 0.2) is 79.0 Å². The molecule has 1 nitrogen and oxygen atoms in total. The van der Waals surface area contributed by atoms with Gasteiger partial charge in [-0.15, -0.1) is 0 Å². The number of rotatable bonds is 1. The Kier molecular flexibility index (Phi) is 3.89. The van der Waals surface area contributed by atoms with Crippen LogP contribution >= 0.6 is 0 Å². The predicted molar refractivity (Wildman–Crippen MR) is 124 cm³/mol. The fourth-order valence-corrected chi connectivity index (χ4v) is 4.26. The molecule has 0 fully saturated rings. The highest BCUT2D eigenvalue weighted by Crippen LogP contribution is 2.37. The molecule has 1 aliphatic heterocycles. The van der Waals surface area contributed by atoms with Gasteiger partial charge in [0.05, 0.1) is 6.72 Å². The normalized spacial score (nSPS) is 13.9. The van der Waals surface area contributed by atoms with Gasteiger partial charge in [-0.05, 0) is 55.3 Å². The van der Waals surface area contributed by atoms with Crippen LogP contribution in [-0.2, 0) is 5.41 Å².